The van der Waals surface area contributed by atoms with Crippen molar-refractivity contribution in [2.24, 2.45) is 0 Å². The summed E-state index contributed by atoms with van der Waals surface area (Å²) in [5.41, 5.74) is 0.0439. The molecule has 1 rings (SSSR count). The predicted octanol–water partition coefficient (Wildman–Crippen LogP) is 3.26. The Hall–Kier alpha value is -1.13. The van der Waals surface area contributed by atoms with Gasteiger partial charge in [0.25, 0.3) is 5.92 Å². The van der Waals surface area contributed by atoms with Crippen LogP contribution in [0.1, 0.15) is 40.0 Å². The van der Waals surface area contributed by atoms with Crippen LogP contribution in [0.4, 0.5) is 13.6 Å². The maximum atomic E-state index is 13.5. The smallest absolute Gasteiger partial charge is 0.408 e. The van der Waals surface area contributed by atoms with Gasteiger partial charge >= 0.3 is 6.09 Å². The molecule has 0 unspecified atom stereocenters. The molecule has 1 saturated carbocycles. The number of alkyl carbamates (subject to hydrolysis) is 1. The van der Waals surface area contributed by atoms with Crippen LogP contribution in [0, 0.1) is 0 Å². The third-order valence-corrected chi connectivity index (χ3v) is 2.51. The number of alkyl halides is 2. The van der Waals surface area contributed by atoms with E-state index in [2.05, 4.69) is 11.9 Å². The fraction of sp³-hybridized carbons (Fsp3) is 0.750. The molecule has 1 N–H and O–H groups in total. The Morgan fingerprint density at radius 1 is 1.53 bits per heavy atom. The topological polar surface area (TPSA) is 38.3 Å². The van der Waals surface area contributed by atoms with Crippen LogP contribution in [0.3, 0.4) is 0 Å². The predicted molar refractivity (Wildman–Crippen MR) is 61.1 cm³/mol. The van der Waals surface area contributed by atoms with E-state index in [1.807, 2.05) is 0 Å². The van der Waals surface area contributed by atoms with Crippen LogP contribution in [0.5, 0.6) is 0 Å². The second-order valence-electron chi connectivity index (χ2n) is 5.41. The van der Waals surface area contributed by atoms with Crippen molar-refractivity contribution < 1.29 is 18.3 Å². The minimum absolute atomic E-state index is 0.103. The second kappa shape index (κ2) is 4.63. The minimum Gasteiger partial charge on any atom is -0.444 e. The van der Waals surface area contributed by atoms with E-state index in [-0.39, 0.29) is 12.8 Å². The second-order valence-corrected chi connectivity index (χ2v) is 5.41. The molecule has 0 aromatic carbocycles. The van der Waals surface area contributed by atoms with E-state index in [4.69, 9.17) is 4.74 Å². The van der Waals surface area contributed by atoms with Gasteiger partial charge in [0, 0.05) is 6.42 Å². The number of carbonyl (C=O) groups is 1. The number of rotatable bonds is 1. The molecule has 1 aliphatic carbocycles. The average Bonchev–Trinajstić information content (AvgIpc) is 2.09. The number of hydrogen-bond acceptors (Lipinski definition) is 2. The van der Waals surface area contributed by atoms with Gasteiger partial charge in [-0.15, -0.1) is 0 Å². The summed E-state index contributed by atoms with van der Waals surface area (Å²) >= 11 is 0. The standard InChI is InChI=1S/C12H19F2NO2/c1-8-5-6-12(13,14)9(7-8)15-10(16)17-11(2,3)4/h9H,1,5-7H2,2-4H3,(H,15,16)/t9-/m1/s1. The maximum absolute atomic E-state index is 13.5. The molecule has 0 heterocycles. The Bertz CT molecular complexity index is 321. The van der Waals surface area contributed by atoms with Crippen LogP contribution in [-0.2, 0) is 4.74 Å². The molecule has 0 spiro atoms. The van der Waals surface area contributed by atoms with Gasteiger partial charge in [0.1, 0.15) is 5.60 Å². The van der Waals surface area contributed by atoms with E-state index < -0.39 is 23.7 Å². The van der Waals surface area contributed by atoms with Crippen LogP contribution in [0.2, 0.25) is 0 Å². The molecule has 1 atom stereocenters. The number of hydrogen-bond donors (Lipinski definition) is 1. The third-order valence-electron chi connectivity index (χ3n) is 2.51. The van der Waals surface area contributed by atoms with E-state index >= 15 is 0 Å². The van der Waals surface area contributed by atoms with Gasteiger partial charge in [-0.2, -0.15) is 0 Å². The Morgan fingerprint density at radius 3 is 2.65 bits per heavy atom. The number of halogens is 2. The summed E-state index contributed by atoms with van der Waals surface area (Å²) in [6, 6.07) is -1.21. The zero-order chi connectivity index (χ0) is 13.3. The maximum Gasteiger partial charge on any atom is 0.408 e. The summed E-state index contributed by atoms with van der Waals surface area (Å²) in [6.07, 6.45) is -0.672. The normalized spacial score (nSPS) is 24.3. The fourth-order valence-electron chi connectivity index (χ4n) is 1.66. The Kier molecular flexibility index (Phi) is 3.79. The summed E-state index contributed by atoms with van der Waals surface area (Å²) in [5.74, 6) is -2.89. The van der Waals surface area contributed by atoms with Crippen molar-refractivity contribution in [2.75, 3.05) is 0 Å². The van der Waals surface area contributed by atoms with Crippen LogP contribution in [-0.4, -0.2) is 23.7 Å². The molecule has 0 saturated heterocycles. The molecule has 1 fully saturated rings. The molecular formula is C12H19F2NO2. The summed E-state index contributed by atoms with van der Waals surface area (Å²) in [4.78, 5) is 11.4. The van der Waals surface area contributed by atoms with Crippen molar-refractivity contribution in [2.45, 2.75) is 57.6 Å². The lowest BCUT2D eigenvalue weighted by molar-refractivity contribution is -0.0561. The van der Waals surface area contributed by atoms with Crippen molar-refractivity contribution >= 4 is 6.09 Å². The molecule has 0 aromatic rings. The van der Waals surface area contributed by atoms with Crippen molar-refractivity contribution in [3.63, 3.8) is 0 Å². The summed E-state index contributed by atoms with van der Waals surface area (Å²) in [5, 5.41) is 2.22. The fourth-order valence-corrected chi connectivity index (χ4v) is 1.66. The first-order valence-corrected chi connectivity index (χ1v) is 5.64. The van der Waals surface area contributed by atoms with Gasteiger partial charge < -0.3 is 10.1 Å². The molecule has 3 nitrogen and oxygen atoms in total. The van der Waals surface area contributed by atoms with Gasteiger partial charge in [0.05, 0.1) is 6.04 Å². The van der Waals surface area contributed by atoms with Crippen LogP contribution >= 0.6 is 0 Å². The quantitative estimate of drug-likeness (QED) is 0.722. The van der Waals surface area contributed by atoms with E-state index in [1.165, 1.54) is 0 Å². The van der Waals surface area contributed by atoms with Crippen molar-refractivity contribution in [1.29, 1.82) is 0 Å². The van der Waals surface area contributed by atoms with Crippen molar-refractivity contribution in [3.05, 3.63) is 12.2 Å². The van der Waals surface area contributed by atoms with E-state index in [1.54, 1.807) is 20.8 Å². The number of carbonyl (C=O) groups excluding carboxylic acids is 1. The number of nitrogens with one attached hydrogen (secondary N) is 1. The summed E-state index contributed by atoms with van der Waals surface area (Å²) in [6.45, 7) is 8.74. The van der Waals surface area contributed by atoms with E-state index in [0.29, 0.717) is 6.42 Å². The Balaban J connectivity index is 2.59. The van der Waals surface area contributed by atoms with Gasteiger partial charge in [-0.25, -0.2) is 13.6 Å². The first kappa shape index (κ1) is 13.9. The molecular weight excluding hydrogens is 228 g/mol. The monoisotopic (exact) mass is 247 g/mol. The molecule has 98 valence electrons. The van der Waals surface area contributed by atoms with Crippen LogP contribution < -0.4 is 5.32 Å². The van der Waals surface area contributed by atoms with Crippen molar-refractivity contribution in [1.82, 2.24) is 5.32 Å². The lowest BCUT2D eigenvalue weighted by Gasteiger charge is -2.33. The largest absolute Gasteiger partial charge is 0.444 e. The van der Waals surface area contributed by atoms with Crippen molar-refractivity contribution in [3.8, 4) is 0 Å². The molecule has 0 aliphatic heterocycles. The van der Waals surface area contributed by atoms with Gasteiger partial charge in [0.15, 0.2) is 0 Å². The zero-order valence-electron chi connectivity index (χ0n) is 10.5. The van der Waals surface area contributed by atoms with Gasteiger partial charge in [-0.05, 0) is 33.6 Å². The molecule has 1 aliphatic rings. The lowest BCUT2D eigenvalue weighted by atomic mass is 9.88. The molecule has 5 heteroatoms. The highest BCUT2D eigenvalue weighted by molar-refractivity contribution is 5.68. The average molecular weight is 247 g/mol. The lowest BCUT2D eigenvalue weighted by Crippen LogP contribution is -2.51. The molecule has 0 bridgehead atoms. The molecule has 17 heavy (non-hydrogen) atoms. The van der Waals surface area contributed by atoms with Crippen LogP contribution in [0.15, 0.2) is 12.2 Å². The molecule has 0 radical (unpaired) electrons. The van der Waals surface area contributed by atoms with Gasteiger partial charge in [-0.1, -0.05) is 12.2 Å². The Labute approximate surface area is 100 Å². The minimum atomic E-state index is -2.89. The van der Waals surface area contributed by atoms with Gasteiger partial charge in [0.2, 0.25) is 0 Å². The first-order chi connectivity index (χ1) is 7.60. The highest BCUT2D eigenvalue weighted by Gasteiger charge is 2.43. The van der Waals surface area contributed by atoms with E-state index in [9.17, 15) is 13.6 Å². The summed E-state index contributed by atoms with van der Waals surface area (Å²) in [7, 11) is 0. The Morgan fingerprint density at radius 2 is 2.12 bits per heavy atom. The first-order valence-electron chi connectivity index (χ1n) is 5.64. The summed E-state index contributed by atoms with van der Waals surface area (Å²) < 4.78 is 32.0. The highest BCUT2D eigenvalue weighted by atomic mass is 19.3. The van der Waals surface area contributed by atoms with E-state index in [0.717, 1.165) is 5.57 Å². The molecule has 0 aromatic heterocycles. The highest BCUT2D eigenvalue weighted by Crippen LogP contribution is 2.35. The number of amides is 1. The SMILES string of the molecule is C=C1CCC(F)(F)[C@H](NC(=O)OC(C)(C)C)C1. The number of ether oxygens (including phenoxy) is 1. The third kappa shape index (κ3) is 4.32. The zero-order valence-corrected chi connectivity index (χ0v) is 10.5. The van der Waals surface area contributed by atoms with Gasteiger partial charge in [-0.3, -0.25) is 0 Å². The van der Waals surface area contributed by atoms with Crippen LogP contribution in [0.25, 0.3) is 0 Å². The molecule has 1 amide bonds.